The number of hydrogen-bond acceptors (Lipinski definition) is 35. The van der Waals surface area contributed by atoms with E-state index in [2.05, 4.69) is 66.1 Å². The molecule has 3 aromatic rings. The summed E-state index contributed by atoms with van der Waals surface area (Å²) in [5.74, 6) is 5.19. The Labute approximate surface area is 793 Å². The summed E-state index contributed by atoms with van der Waals surface area (Å²) in [4.78, 5) is 139. The van der Waals surface area contributed by atoms with Gasteiger partial charge in [0.1, 0.15) is 67.0 Å². The molecule has 10 aliphatic rings. The van der Waals surface area contributed by atoms with E-state index in [1.807, 2.05) is 71.1 Å². The molecule has 13 rings (SSSR count). The van der Waals surface area contributed by atoms with Crippen LogP contribution in [0.1, 0.15) is 114 Å². The molecule has 13 N–H and O–H groups in total. The number of methoxy groups -OCH3 is 5. The van der Waals surface area contributed by atoms with Crippen molar-refractivity contribution in [3.63, 3.8) is 0 Å². The monoisotopic (exact) mass is 2030 g/mol. The third-order valence-electron chi connectivity index (χ3n) is 23.0. The van der Waals surface area contributed by atoms with Crippen LogP contribution < -0.4 is 52.0 Å². The van der Waals surface area contributed by atoms with Gasteiger partial charge >= 0.3 is 6.09 Å². The van der Waals surface area contributed by atoms with Crippen molar-refractivity contribution in [1.29, 1.82) is 0 Å². The number of aromatic nitrogens is 3. The highest BCUT2D eigenvalue weighted by atomic mass is 127. The van der Waals surface area contributed by atoms with E-state index in [1.165, 1.54) is 76.0 Å². The number of ether oxygens (including phenoxy) is 12. The molecule has 0 spiro atoms. The summed E-state index contributed by atoms with van der Waals surface area (Å²) in [7, 11) is 8.76. The predicted octanol–water partition coefficient (Wildman–Crippen LogP) is 3.15. The zero-order valence-electron chi connectivity index (χ0n) is 74.4. The van der Waals surface area contributed by atoms with Crippen molar-refractivity contribution in [2.75, 3.05) is 74.1 Å². The van der Waals surface area contributed by atoms with E-state index in [1.54, 1.807) is 73.8 Å². The number of carbonyl (C=O) groups is 9. The van der Waals surface area contributed by atoms with Crippen LogP contribution in [0.15, 0.2) is 82.1 Å². The van der Waals surface area contributed by atoms with Gasteiger partial charge in [0.2, 0.25) is 52.6 Å². The number of halogens is 1. The van der Waals surface area contributed by atoms with Gasteiger partial charge in [-0.05, 0) is 118 Å². The van der Waals surface area contributed by atoms with Crippen LogP contribution in [0.2, 0.25) is 0 Å². The van der Waals surface area contributed by atoms with E-state index in [4.69, 9.17) is 67.4 Å². The number of alkyl carbamates (subject to hydrolysis) is 1. The van der Waals surface area contributed by atoms with Crippen molar-refractivity contribution >= 4 is 132 Å². The number of aryl methyl sites for hydroxylation is 1. The van der Waals surface area contributed by atoms with Crippen molar-refractivity contribution in [2.45, 2.75) is 259 Å². The second-order valence-electron chi connectivity index (χ2n) is 32.6. The molecule has 5 fully saturated rings. The van der Waals surface area contributed by atoms with Gasteiger partial charge in [-0.1, -0.05) is 92.6 Å². The predicted molar refractivity (Wildman–Crippen MR) is 490 cm³/mol. The first-order valence-electron chi connectivity index (χ1n) is 42.6. The number of amides is 7. The summed E-state index contributed by atoms with van der Waals surface area (Å²) in [6, 6.07) is 8.80. The number of hydroxylamine groups is 1. The summed E-state index contributed by atoms with van der Waals surface area (Å²) in [5, 5.41) is 81.8. The molecule has 44 heteroatoms. The minimum absolute atomic E-state index is 0.0137. The minimum Gasteiger partial charge on any atom is -0.492 e. The summed E-state index contributed by atoms with van der Waals surface area (Å²) in [6.07, 6.45) is -19.9. The van der Waals surface area contributed by atoms with Gasteiger partial charge in [0.05, 0.1) is 110 Å². The number of rotatable bonds is 20. The molecule has 2 aromatic carbocycles. The molecule has 4 saturated heterocycles. The summed E-state index contributed by atoms with van der Waals surface area (Å²) in [6.45, 7) is 11.3. The summed E-state index contributed by atoms with van der Waals surface area (Å²) >= 11 is 5.59. The number of hydrogen-bond donors (Lipinski definition) is 12. The lowest BCUT2D eigenvalue weighted by Gasteiger charge is -2.49. The molecular weight excluding hydrogens is 1920 g/mol. The lowest BCUT2D eigenvalue weighted by Crippen LogP contribution is -2.67. The number of benzene rings is 1. The van der Waals surface area contributed by atoms with Crippen LogP contribution in [-0.4, -0.2) is 310 Å². The highest BCUT2D eigenvalue weighted by Gasteiger charge is 2.56. The van der Waals surface area contributed by atoms with Crippen LogP contribution in [-0.2, 0) is 106 Å². The Bertz CT molecular complexity index is 4850. The molecular formula is C87H114IN11O27S5. The average Bonchev–Trinajstić information content (AvgIpc) is 1.02. The maximum absolute atomic E-state index is 16.0. The SMILES string of the molecule is CCN(C(C)=O)C1COCC(OC2C3OC(C)C(NOC4CC(O)C(SC(=O)c5c(c(I)c(OC6OC(C)C(O)C(OC)C6O)c(OC)c5OC)C[C@H](NC(=O)[C@H](CC(N)=O)NC(=O)CCCn5nnc6c5CSc5ccccccc(cc5)SC6)C(=O)NCCNC(=O)CC(C)(C)SSCC=C5C6C(NC(=O)OC)C(=O)C[C@@]5(O)C#C/C=C\C#C[C@@H]6O3)C(C)O4)C2O)C1OC. The van der Waals surface area contributed by atoms with Gasteiger partial charge in [-0.3, -0.25) is 43.2 Å². The van der Waals surface area contributed by atoms with Gasteiger partial charge in [-0.15, -0.1) is 28.6 Å². The van der Waals surface area contributed by atoms with E-state index in [9.17, 15) is 54.3 Å². The Kier molecular flexibility index (Phi) is 38.2. The molecule has 23 atom stereocenters. The molecule has 8 aliphatic heterocycles. The van der Waals surface area contributed by atoms with Gasteiger partial charge in [0.25, 0.3) is 0 Å². The largest absolute Gasteiger partial charge is 0.492 e. The third kappa shape index (κ3) is 26.4. The number of fused-ring (bicyclic) bond motifs is 6. The maximum Gasteiger partial charge on any atom is 0.407 e. The normalized spacial score (nSPS) is 31.3. The number of nitrogens with one attached hydrogen (secondary N) is 6. The van der Waals surface area contributed by atoms with Crippen molar-refractivity contribution in [3.8, 4) is 40.9 Å². The Morgan fingerprint density at radius 1 is 0.817 bits per heavy atom. The van der Waals surface area contributed by atoms with Gasteiger partial charge in [-0.2, -0.15) is 5.48 Å². The molecule has 1 saturated carbocycles. The fourth-order valence-electron chi connectivity index (χ4n) is 16.5. The highest BCUT2D eigenvalue weighted by molar-refractivity contribution is 14.1. The standard InChI is InChI=1S/C87H114IN11O27S5/c1-13-98(47(5)100)55-40-119-41-60(73(55)114-8)123-77-71(107)68-44(2)121-84(77)124-59-25-20-16-17-21-30-87(113)38-58(102)69(94-85(112)118-12)66(59)51(87)29-34-129-131-86(6,7)39-63(105)90-31-32-91-80(109)52(93-81(110)53(36-61(89)103)92-62(104)26-22-33-99-56-43-128-49-24-19-15-14-18-23-48(27-28-49)127-42-54(56)95-97-99)35-50-65(82(111)130-79-46(4)120-64(126-96-68)37-57(79)101)74(115-9)78(117-11)75(67(50)88)125-83-72(108)76(116-10)70(106)45(3)122-83/h14-19,23-24,27-29,44-46,52-53,55,57,59-60,64,66,68-73,76-77,79,83-84,96,101,106-108,113H,13,22,26,31-43H2,1-12H3,(H2,89,103)(H,90,105)(H,91,109)(H,92,104)(H,93,110)(H,94,112)/b15-14?,17-16-,18-14?,19-15?,23-18?,24-19?,28-27?,48-23?,48-27?,49-24?,49-28?,51-29?/t44?,45?,46?,52-,53-,55?,57?,59-,60?,64?,66?,68?,69?,70?,71?,72?,73?,76?,77?,79?,83?,84?,87-/m0/s1. The van der Waals surface area contributed by atoms with Crippen molar-refractivity contribution in [1.82, 2.24) is 52.0 Å². The van der Waals surface area contributed by atoms with Crippen LogP contribution in [0, 0.1) is 33.2 Å². The van der Waals surface area contributed by atoms with E-state index < -0.39 is 210 Å². The highest BCUT2D eigenvalue weighted by Crippen LogP contribution is 2.51. The van der Waals surface area contributed by atoms with Crippen LogP contribution in [0.3, 0.4) is 0 Å². The number of Topliss-reactive ketones (excluding diaryl/α,β-unsaturated/α-hetero) is 1. The van der Waals surface area contributed by atoms with Gasteiger partial charge in [0.15, 0.2) is 35.5 Å². The summed E-state index contributed by atoms with van der Waals surface area (Å²) in [5.41, 5.74) is 7.75. The number of ketones is 1. The molecule has 7 amide bonds. The third-order valence-corrected chi connectivity index (χ3v) is 30.7. The van der Waals surface area contributed by atoms with E-state index in [-0.39, 0.29) is 114 Å². The number of carbonyl (C=O) groups excluding carboxylic acids is 9. The number of thioether (sulfide) groups is 3. The number of allylic oxidation sites excluding steroid dienone is 2. The van der Waals surface area contributed by atoms with E-state index >= 15 is 14.4 Å². The molecule has 9 heterocycles. The van der Waals surface area contributed by atoms with Crippen molar-refractivity contribution in [2.24, 2.45) is 11.7 Å². The molecule has 0 radical (unpaired) electrons. The molecule has 1 aromatic heterocycles. The summed E-state index contributed by atoms with van der Waals surface area (Å²) < 4.78 is 75.5. The molecule has 19 unspecified atom stereocenters. The van der Waals surface area contributed by atoms with Crippen LogP contribution >= 0.6 is 79.5 Å². The lowest BCUT2D eigenvalue weighted by molar-refractivity contribution is -0.326. The number of nitrogens with zero attached hydrogens (tertiary/aromatic N) is 4. The van der Waals surface area contributed by atoms with Gasteiger partial charge < -0.3 is 120 Å². The fourth-order valence-corrected chi connectivity index (χ4v) is 22.6. The number of aliphatic hydroxyl groups excluding tert-OH is 4. The van der Waals surface area contributed by atoms with Gasteiger partial charge in [0, 0.05) is 111 Å². The number of likely N-dealkylation sites (N-methyl/N-ethyl adjacent to an activating group) is 1. The maximum atomic E-state index is 16.0. The smallest absolute Gasteiger partial charge is 0.407 e. The van der Waals surface area contributed by atoms with Crippen LogP contribution in [0.4, 0.5) is 4.79 Å². The lowest BCUT2D eigenvalue weighted by atomic mass is 9.68. The van der Waals surface area contributed by atoms with E-state index in [0.29, 0.717) is 23.3 Å². The molecule has 716 valence electrons. The van der Waals surface area contributed by atoms with E-state index in [0.717, 1.165) is 28.3 Å². The molecule has 2 aliphatic carbocycles. The molecule has 131 heavy (non-hydrogen) atoms. The van der Waals surface area contributed by atoms with Crippen LogP contribution in [0.25, 0.3) is 0 Å². The molecule has 10 bridgehead atoms. The Morgan fingerprint density at radius 3 is 2.21 bits per heavy atom. The zero-order valence-corrected chi connectivity index (χ0v) is 80.6. The topological polar surface area (TPSA) is 507 Å². The molecule has 38 nitrogen and oxygen atoms in total. The van der Waals surface area contributed by atoms with Crippen molar-refractivity contribution < 1.29 is 130 Å². The van der Waals surface area contributed by atoms with Crippen molar-refractivity contribution in [3.05, 3.63) is 98.4 Å². The fraction of sp³-hybridized carbons (Fsp3) is 0.598. The van der Waals surface area contributed by atoms with Gasteiger partial charge in [-0.25, -0.2) is 9.48 Å². The number of nitrogens with two attached hydrogens (primary N) is 1. The average molecular weight is 2030 g/mol. The number of aliphatic hydroxyl groups is 5. The second-order valence-corrected chi connectivity index (χ2v) is 40.0. The van der Waals surface area contributed by atoms with Crippen LogP contribution in [0.5, 0.6) is 17.2 Å². The Balaban J connectivity index is 0.946. The zero-order chi connectivity index (χ0) is 94.7. The second kappa shape index (κ2) is 48.2. The Hall–Kier alpha value is -7.63. The minimum atomic E-state index is -2.24. The first-order valence-corrected chi connectivity index (χ1v) is 48.9. The first kappa shape index (κ1) is 104. The first-order chi connectivity index (χ1) is 62.6. The number of primary amides is 1. The Morgan fingerprint density at radius 2 is 1.53 bits per heavy atom. The quantitative estimate of drug-likeness (QED) is 0.0334.